The molecule has 0 saturated carbocycles. The van der Waals surface area contributed by atoms with Crippen LogP contribution in [0.4, 0.5) is 0 Å². The monoisotopic (exact) mass is 360 g/mol. The van der Waals surface area contributed by atoms with Crippen molar-refractivity contribution in [2.45, 2.75) is 64.8 Å². The smallest absolute Gasteiger partial charge is 0.349 e. The lowest BCUT2D eigenvalue weighted by Gasteiger charge is -2.35. The average molecular weight is 360 g/mol. The maximum Gasteiger partial charge on any atom is 0.475 e. The Hall–Kier alpha value is -1.25. The molecule has 3 rings (SSSR count). The molecule has 2 saturated heterocycles. The quantitative estimate of drug-likeness (QED) is 0.813. The fourth-order valence-electron chi connectivity index (χ4n) is 2.91. The number of ether oxygens (including phenoxy) is 1. The summed E-state index contributed by atoms with van der Waals surface area (Å²) in [6.45, 7) is 6.79. The van der Waals surface area contributed by atoms with Gasteiger partial charge in [0, 0.05) is 18.2 Å². The normalized spacial score (nSPS) is 36.0. The molecule has 0 spiro atoms. The summed E-state index contributed by atoms with van der Waals surface area (Å²) < 4.78 is 35.9. The number of fused-ring (bicyclic) bond motifs is 1. The van der Waals surface area contributed by atoms with Crippen LogP contribution in [0.3, 0.4) is 0 Å². The average Bonchev–Trinajstić information content (AvgIpc) is 2.85. The minimum atomic E-state index is -3.67. The van der Waals surface area contributed by atoms with Crippen molar-refractivity contribution in [1.82, 2.24) is 9.55 Å². The third-order valence-corrected chi connectivity index (χ3v) is 5.73. The molecule has 134 valence electrons. The Morgan fingerprint density at radius 3 is 2.75 bits per heavy atom. The molecule has 3 heterocycles. The number of aromatic nitrogens is 2. The second kappa shape index (κ2) is 6.24. The van der Waals surface area contributed by atoms with Gasteiger partial charge in [-0.25, -0.2) is 9.36 Å². The van der Waals surface area contributed by atoms with Gasteiger partial charge in [-0.05, 0) is 27.7 Å². The summed E-state index contributed by atoms with van der Waals surface area (Å²) >= 11 is 0. The van der Waals surface area contributed by atoms with Gasteiger partial charge >= 0.3 is 13.5 Å². The highest BCUT2D eigenvalue weighted by Gasteiger charge is 2.51. The number of phosphoric acid groups is 1. The number of hydrogen-bond donors (Lipinski definition) is 1. The van der Waals surface area contributed by atoms with Crippen LogP contribution in [0.25, 0.3) is 0 Å². The Morgan fingerprint density at radius 2 is 2.08 bits per heavy atom. The predicted octanol–water partition coefficient (Wildman–Crippen LogP) is 1.47. The first-order valence-electron chi connectivity index (χ1n) is 7.81. The van der Waals surface area contributed by atoms with Gasteiger partial charge in [-0.3, -0.25) is 27.9 Å². The summed E-state index contributed by atoms with van der Waals surface area (Å²) in [4.78, 5) is 25.7. The van der Waals surface area contributed by atoms with Crippen molar-refractivity contribution in [1.29, 1.82) is 0 Å². The van der Waals surface area contributed by atoms with E-state index in [0.717, 1.165) is 0 Å². The molecular weight excluding hydrogens is 339 g/mol. The van der Waals surface area contributed by atoms with Gasteiger partial charge in [0.1, 0.15) is 18.4 Å². The van der Waals surface area contributed by atoms with E-state index in [4.69, 9.17) is 18.3 Å². The number of hydrogen-bond acceptors (Lipinski definition) is 7. The highest BCUT2D eigenvalue weighted by Crippen LogP contribution is 2.59. The first-order chi connectivity index (χ1) is 11.2. The Labute approximate surface area is 138 Å². The van der Waals surface area contributed by atoms with Gasteiger partial charge in [0.25, 0.3) is 5.56 Å². The topological polar surface area (TPSA) is 109 Å². The van der Waals surface area contributed by atoms with E-state index in [0.29, 0.717) is 12.0 Å². The van der Waals surface area contributed by atoms with Crippen molar-refractivity contribution in [3.8, 4) is 0 Å². The maximum absolute atomic E-state index is 12.6. The molecule has 0 aromatic carbocycles. The highest BCUT2D eigenvalue weighted by molar-refractivity contribution is 7.48. The van der Waals surface area contributed by atoms with Gasteiger partial charge in [0.2, 0.25) is 0 Å². The van der Waals surface area contributed by atoms with Gasteiger partial charge in [0.05, 0.1) is 12.2 Å². The second-order valence-electron chi connectivity index (χ2n) is 6.33. The summed E-state index contributed by atoms with van der Waals surface area (Å²) in [6.07, 6.45) is -0.733. The molecule has 1 aromatic rings. The van der Waals surface area contributed by atoms with Crippen LogP contribution in [-0.4, -0.2) is 34.0 Å². The number of nitrogens with zero attached hydrogens (tertiary/aromatic N) is 1. The Morgan fingerprint density at radius 1 is 1.38 bits per heavy atom. The van der Waals surface area contributed by atoms with E-state index < -0.39 is 43.6 Å². The van der Waals surface area contributed by atoms with Crippen LogP contribution >= 0.6 is 7.82 Å². The van der Waals surface area contributed by atoms with E-state index in [1.54, 1.807) is 27.7 Å². The molecule has 1 N–H and O–H groups in total. The van der Waals surface area contributed by atoms with Gasteiger partial charge in [0.15, 0.2) is 0 Å². The Kier molecular flexibility index (Phi) is 4.57. The van der Waals surface area contributed by atoms with Crippen molar-refractivity contribution in [2.24, 2.45) is 0 Å². The third-order valence-electron chi connectivity index (χ3n) is 3.93. The zero-order valence-corrected chi connectivity index (χ0v) is 14.8. The number of aromatic amines is 1. The van der Waals surface area contributed by atoms with Crippen LogP contribution < -0.4 is 11.2 Å². The molecule has 0 bridgehead atoms. The summed E-state index contributed by atoms with van der Waals surface area (Å²) in [5, 5.41) is 0. The predicted molar refractivity (Wildman–Crippen MR) is 83.8 cm³/mol. The SMILES string of the molecule is Cc1cn([C@H]2C[C@@H]3OP(=O)(OC(C)C)O[C@@H](C)[C@H]3O2)c(=O)[nH]c1=O. The van der Waals surface area contributed by atoms with E-state index in [1.165, 1.54) is 10.8 Å². The molecule has 5 atom stereocenters. The molecule has 2 aliphatic rings. The molecule has 9 nitrogen and oxygen atoms in total. The van der Waals surface area contributed by atoms with E-state index >= 15 is 0 Å². The number of rotatable bonds is 3. The second-order valence-corrected chi connectivity index (χ2v) is 7.85. The van der Waals surface area contributed by atoms with Crippen LogP contribution in [0, 0.1) is 6.92 Å². The summed E-state index contributed by atoms with van der Waals surface area (Å²) in [7, 11) is -3.67. The fourth-order valence-corrected chi connectivity index (χ4v) is 4.65. The summed E-state index contributed by atoms with van der Waals surface area (Å²) in [6, 6.07) is 0. The van der Waals surface area contributed by atoms with E-state index in [1.807, 2.05) is 0 Å². The highest BCUT2D eigenvalue weighted by atomic mass is 31.2. The zero-order chi connectivity index (χ0) is 17.6. The lowest BCUT2D eigenvalue weighted by Crippen LogP contribution is -2.40. The number of aryl methyl sites for hydroxylation is 1. The molecule has 1 aromatic heterocycles. The van der Waals surface area contributed by atoms with E-state index in [9.17, 15) is 14.2 Å². The molecule has 10 heteroatoms. The molecule has 0 aliphatic carbocycles. The molecule has 2 aliphatic heterocycles. The Bertz CT molecular complexity index is 786. The lowest BCUT2D eigenvalue weighted by molar-refractivity contribution is -0.107. The first kappa shape index (κ1) is 17.6. The molecule has 0 radical (unpaired) electrons. The molecule has 0 amide bonds. The van der Waals surface area contributed by atoms with Crippen molar-refractivity contribution >= 4 is 7.82 Å². The number of nitrogens with one attached hydrogen (secondary N) is 1. The van der Waals surface area contributed by atoms with Crippen LogP contribution in [-0.2, 0) is 22.9 Å². The number of phosphoric ester groups is 1. The van der Waals surface area contributed by atoms with Crippen molar-refractivity contribution < 1.29 is 22.9 Å². The van der Waals surface area contributed by atoms with Crippen LogP contribution in [0.5, 0.6) is 0 Å². The van der Waals surface area contributed by atoms with E-state index in [-0.39, 0.29) is 6.10 Å². The van der Waals surface area contributed by atoms with Crippen LogP contribution in [0.1, 0.15) is 39.0 Å². The lowest BCUT2D eigenvalue weighted by atomic mass is 10.1. The van der Waals surface area contributed by atoms with Crippen LogP contribution in [0.2, 0.25) is 0 Å². The van der Waals surface area contributed by atoms with Crippen molar-refractivity contribution in [2.75, 3.05) is 0 Å². The largest absolute Gasteiger partial charge is 0.475 e. The minimum Gasteiger partial charge on any atom is -0.349 e. The maximum atomic E-state index is 12.6. The third kappa shape index (κ3) is 3.27. The summed E-state index contributed by atoms with van der Waals surface area (Å²) in [5.41, 5.74) is -0.606. The minimum absolute atomic E-state index is 0.301. The van der Waals surface area contributed by atoms with Crippen LogP contribution in [0.15, 0.2) is 15.8 Å². The van der Waals surface area contributed by atoms with Gasteiger partial charge in [-0.2, -0.15) is 0 Å². The van der Waals surface area contributed by atoms with Gasteiger partial charge in [-0.1, -0.05) is 0 Å². The molecule has 24 heavy (non-hydrogen) atoms. The fraction of sp³-hybridized carbons (Fsp3) is 0.714. The summed E-state index contributed by atoms with van der Waals surface area (Å²) in [5.74, 6) is 0. The molecular formula is C14H21N2O7P. The van der Waals surface area contributed by atoms with Crippen molar-refractivity contribution in [3.05, 3.63) is 32.6 Å². The first-order valence-corrected chi connectivity index (χ1v) is 9.27. The molecule has 2 fully saturated rings. The standard InChI is InChI=1S/C14H21N2O7P/c1-7(2)21-24(19)22-9(4)12-10(23-24)5-11(20-12)16-6-8(3)13(17)15-14(16)18/h6-7,9-12H,5H2,1-4H3,(H,15,17,18)/t9-,10-,11+,12+,24?/m0/s1. The van der Waals surface area contributed by atoms with Crippen molar-refractivity contribution in [3.63, 3.8) is 0 Å². The van der Waals surface area contributed by atoms with Gasteiger partial charge < -0.3 is 4.74 Å². The number of H-pyrrole nitrogens is 1. The molecule has 1 unspecified atom stereocenters. The zero-order valence-electron chi connectivity index (χ0n) is 13.9. The van der Waals surface area contributed by atoms with E-state index in [2.05, 4.69) is 4.98 Å². The van der Waals surface area contributed by atoms with Gasteiger partial charge in [-0.15, -0.1) is 0 Å². The Balaban J connectivity index is 1.84.